The fourth-order valence-electron chi connectivity index (χ4n) is 2.13. The highest BCUT2D eigenvalue weighted by molar-refractivity contribution is 4.75. The zero-order valence-corrected chi connectivity index (χ0v) is 8.06. The largest absolute Gasteiger partial charge is 0.316 e. The highest BCUT2D eigenvalue weighted by atomic mass is 14.9. The second kappa shape index (κ2) is 4.10. The first-order valence-electron chi connectivity index (χ1n) is 4.92. The maximum Gasteiger partial charge on any atom is -0.00155 e. The Morgan fingerprint density at radius 3 is 2.73 bits per heavy atom. The van der Waals surface area contributed by atoms with Gasteiger partial charge < -0.3 is 5.32 Å². The van der Waals surface area contributed by atoms with E-state index in [0.717, 1.165) is 17.8 Å². The molecule has 1 saturated heterocycles. The number of nitrogens with one attached hydrogen (secondary N) is 1. The molecule has 1 nitrogen and oxygen atoms in total. The normalized spacial score (nSPS) is 33.8. The van der Waals surface area contributed by atoms with Crippen LogP contribution in [0.3, 0.4) is 0 Å². The van der Waals surface area contributed by atoms with Gasteiger partial charge in [0.25, 0.3) is 0 Å². The van der Waals surface area contributed by atoms with Gasteiger partial charge in [-0.3, -0.25) is 0 Å². The van der Waals surface area contributed by atoms with Crippen molar-refractivity contribution in [3.63, 3.8) is 0 Å². The SMILES string of the molecule is CC(C)C1CNCCCC1C. The van der Waals surface area contributed by atoms with Gasteiger partial charge in [-0.15, -0.1) is 0 Å². The molecule has 0 bridgehead atoms. The third kappa shape index (κ3) is 2.48. The van der Waals surface area contributed by atoms with Crippen LogP contribution < -0.4 is 5.32 Å². The van der Waals surface area contributed by atoms with Crippen molar-refractivity contribution in [2.24, 2.45) is 17.8 Å². The summed E-state index contributed by atoms with van der Waals surface area (Å²) >= 11 is 0. The Morgan fingerprint density at radius 1 is 1.36 bits per heavy atom. The van der Waals surface area contributed by atoms with Gasteiger partial charge in [-0.25, -0.2) is 0 Å². The Morgan fingerprint density at radius 2 is 2.09 bits per heavy atom. The smallest absolute Gasteiger partial charge is 0.00155 e. The standard InChI is InChI=1S/C10H21N/c1-8(2)10-7-11-6-4-5-9(10)3/h8-11H,4-7H2,1-3H3. The topological polar surface area (TPSA) is 12.0 Å². The number of hydrogen-bond donors (Lipinski definition) is 1. The molecule has 1 heteroatoms. The van der Waals surface area contributed by atoms with E-state index in [1.54, 1.807) is 0 Å². The lowest BCUT2D eigenvalue weighted by molar-refractivity contribution is 0.270. The lowest BCUT2D eigenvalue weighted by Gasteiger charge is -2.24. The summed E-state index contributed by atoms with van der Waals surface area (Å²) in [6, 6.07) is 0. The van der Waals surface area contributed by atoms with Crippen molar-refractivity contribution in [3.8, 4) is 0 Å². The van der Waals surface area contributed by atoms with Gasteiger partial charge in [0.1, 0.15) is 0 Å². The second-order valence-corrected chi connectivity index (χ2v) is 4.23. The highest BCUT2D eigenvalue weighted by Gasteiger charge is 2.21. The minimum absolute atomic E-state index is 0.843. The number of rotatable bonds is 1. The summed E-state index contributed by atoms with van der Waals surface area (Å²) in [4.78, 5) is 0. The average Bonchev–Trinajstić information content (AvgIpc) is 2.13. The Labute approximate surface area is 70.6 Å². The van der Waals surface area contributed by atoms with Gasteiger partial charge in [0.05, 0.1) is 0 Å². The molecule has 0 aromatic heterocycles. The van der Waals surface area contributed by atoms with Crippen molar-refractivity contribution < 1.29 is 0 Å². The summed E-state index contributed by atoms with van der Waals surface area (Å²) < 4.78 is 0. The van der Waals surface area contributed by atoms with Crippen LogP contribution in [-0.2, 0) is 0 Å². The van der Waals surface area contributed by atoms with E-state index in [-0.39, 0.29) is 0 Å². The zero-order chi connectivity index (χ0) is 8.27. The molecule has 66 valence electrons. The van der Waals surface area contributed by atoms with Gasteiger partial charge in [-0.1, -0.05) is 20.8 Å². The molecule has 0 amide bonds. The predicted octanol–water partition coefficient (Wildman–Crippen LogP) is 2.28. The van der Waals surface area contributed by atoms with Crippen molar-refractivity contribution in [2.75, 3.05) is 13.1 Å². The molecule has 0 saturated carbocycles. The molecule has 2 unspecified atom stereocenters. The molecule has 0 radical (unpaired) electrons. The van der Waals surface area contributed by atoms with E-state index in [4.69, 9.17) is 0 Å². The quantitative estimate of drug-likeness (QED) is 0.612. The molecule has 1 heterocycles. The van der Waals surface area contributed by atoms with Gasteiger partial charge >= 0.3 is 0 Å². The van der Waals surface area contributed by atoms with Crippen LogP contribution >= 0.6 is 0 Å². The van der Waals surface area contributed by atoms with Crippen LogP contribution in [0.25, 0.3) is 0 Å². The average molecular weight is 155 g/mol. The van der Waals surface area contributed by atoms with Gasteiger partial charge in [-0.05, 0) is 43.7 Å². The van der Waals surface area contributed by atoms with E-state index in [1.807, 2.05) is 0 Å². The van der Waals surface area contributed by atoms with Gasteiger partial charge in [-0.2, -0.15) is 0 Å². The molecular weight excluding hydrogens is 134 g/mol. The van der Waals surface area contributed by atoms with Crippen LogP contribution in [0, 0.1) is 17.8 Å². The molecule has 11 heavy (non-hydrogen) atoms. The first kappa shape index (κ1) is 9.05. The van der Waals surface area contributed by atoms with Crippen LogP contribution in [-0.4, -0.2) is 13.1 Å². The summed E-state index contributed by atoms with van der Waals surface area (Å²) in [6.45, 7) is 9.55. The summed E-state index contributed by atoms with van der Waals surface area (Å²) in [5.41, 5.74) is 0. The summed E-state index contributed by atoms with van der Waals surface area (Å²) in [5, 5.41) is 3.51. The first-order valence-corrected chi connectivity index (χ1v) is 4.92. The molecule has 2 atom stereocenters. The third-order valence-electron chi connectivity index (χ3n) is 2.98. The fourth-order valence-corrected chi connectivity index (χ4v) is 2.13. The maximum atomic E-state index is 3.51. The summed E-state index contributed by atoms with van der Waals surface area (Å²) in [5.74, 6) is 2.66. The molecule has 1 N–H and O–H groups in total. The van der Waals surface area contributed by atoms with Crippen LogP contribution in [0.15, 0.2) is 0 Å². The van der Waals surface area contributed by atoms with Crippen molar-refractivity contribution in [1.29, 1.82) is 0 Å². The molecule has 0 spiro atoms. The number of hydrogen-bond acceptors (Lipinski definition) is 1. The van der Waals surface area contributed by atoms with Crippen LogP contribution in [0.2, 0.25) is 0 Å². The van der Waals surface area contributed by atoms with E-state index in [9.17, 15) is 0 Å². The van der Waals surface area contributed by atoms with Gasteiger partial charge in [0, 0.05) is 0 Å². The molecule has 0 aliphatic carbocycles. The van der Waals surface area contributed by atoms with Gasteiger partial charge in [0.2, 0.25) is 0 Å². The van der Waals surface area contributed by atoms with E-state index in [0.29, 0.717) is 0 Å². The first-order chi connectivity index (χ1) is 5.22. The van der Waals surface area contributed by atoms with Crippen LogP contribution in [0.5, 0.6) is 0 Å². The highest BCUT2D eigenvalue weighted by Crippen LogP contribution is 2.25. The molecule has 1 fully saturated rings. The molecule has 1 rings (SSSR count). The van der Waals surface area contributed by atoms with Crippen molar-refractivity contribution in [3.05, 3.63) is 0 Å². The molecular formula is C10H21N. The zero-order valence-electron chi connectivity index (χ0n) is 8.06. The van der Waals surface area contributed by atoms with E-state index in [1.165, 1.54) is 25.9 Å². The Bertz CT molecular complexity index is 109. The maximum absolute atomic E-state index is 3.51. The van der Waals surface area contributed by atoms with Crippen LogP contribution in [0.4, 0.5) is 0 Å². The third-order valence-corrected chi connectivity index (χ3v) is 2.98. The summed E-state index contributed by atoms with van der Waals surface area (Å²) in [6.07, 6.45) is 2.78. The second-order valence-electron chi connectivity index (χ2n) is 4.23. The minimum atomic E-state index is 0.843. The molecule has 0 aromatic carbocycles. The molecule has 0 aromatic rings. The van der Waals surface area contributed by atoms with Crippen LogP contribution in [0.1, 0.15) is 33.6 Å². The van der Waals surface area contributed by atoms with Crippen molar-refractivity contribution in [1.82, 2.24) is 5.32 Å². The van der Waals surface area contributed by atoms with E-state index in [2.05, 4.69) is 26.1 Å². The van der Waals surface area contributed by atoms with Crippen molar-refractivity contribution >= 4 is 0 Å². The Hall–Kier alpha value is -0.0400. The molecule has 1 aliphatic rings. The molecule has 1 aliphatic heterocycles. The predicted molar refractivity (Wildman–Crippen MR) is 49.6 cm³/mol. The minimum Gasteiger partial charge on any atom is -0.316 e. The van der Waals surface area contributed by atoms with E-state index >= 15 is 0 Å². The van der Waals surface area contributed by atoms with E-state index < -0.39 is 0 Å². The Balaban J connectivity index is 2.45. The van der Waals surface area contributed by atoms with Gasteiger partial charge in [0.15, 0.2) is 0 Å². The monoisotopic (exact) mass is 155 g/mol. The fraction of sp³-hybridized carbons (Fsp3) is 1.00. The van der Waals surface area contributed by atoms with Crippen molar-refractivity contribution in [2.45, 2.75) is 33.6 Å². The summed E-state index contributed by atoms with van der Waals surface area (Å²) in [7, 11) is 0. The lowest BCUT2D eigenvalue weighted by Crippen LogP contribution is -2.27. The lowest BCUT2D eigenvalue weighted by atomic mass is 9.83. The Kier molecular flexibility index (Phi) is 3.38.